The molecule has 1 aliphatic rings. The van der Waals surface area contributed by atoms with Crippen LogP contribution in [0.1, 0.15) is 31.3 Å². The fraction of sp³-hybridized carbons (Fsp3) is 0.667. The Morgan fingerprint density at radius 3 is 2.67 bits per heavy atom. The molecule has 0 aromatic carbocycles. The second kappa shape index (κ2) is 5.40. The Labute approximate surface area is 115 Å². The molecule has 0 N–H and O–H groups in total. The molecule has 0 spiro atoms. The van der Waals surface area contributed by atoms with E-state index in [1.807, 2.05) is 25.7 Å². The van der Waals surface area contributed by atoms with Crippen molar-refractivity contribution in [3.8, 4) is 0 Å². The van der Waals surface area contributed by atoms with Gasteiger partial charge < -0.3 is 9.64 Å². The fourth-order valence-corrected chi connectivity index (χ4v) is 2.77. The van der Waals surface area contributed by atoms with Crippen LogP contribution in [0.4, 0.5) is 0 Å². The zero-order valence-corrected chi connectivity index (χ0v) is 12.5. The van der Waals surface area contributed by atoms with Gasteiger partial charge in [-0.25, -0.2) is 0 Å². The highest BCUT2D eigenvalue weighted by atomic mass is 79.9. The van der Waals surface area contributed by atoms with E-state index in [9.17, 15) is 4.79 Å². The molecule has 2 rings (SSSR count). The van der Waals surface area contributed by atoms with E-state index in [0.29, 0.717) is 25.3 Å². The molecule has 0 radical (unpaired) electrons. The third kappa shape index (κ3) is 2.59. The van der Waals surface area contributed by atoms with Gasteiger partial charge in [0.15, 0.2) is 0 Å². The van der Waals surface area contributed by atoms with Crippen LogP contribution in [0.2, 0.25) is 0 Å². The van der Waals surface area contributed by atoms with Crippen molar-refractivity contribution in [3.63, 3.8) is 0 Å². The van der Waals surface area contributed by atoms with E-state index in [2.05, 4.69) is 21.0 Å². The van der Waals surface area contributed by atoms with Gasteiger partial charge in [-0.05, 0) is 36.7 Å². The van der Waals surface area contributed by atoms with Crippen LogP contribution in [-0.4, -0.2) is 45.9 Å². The van der Waals surface area contributed by atoms with Crippen molar-refractivity contribution in [2.45, 2.75) is 39.5 Å². The Balaban J connectivity index is 2.22. The molecule has 0 bridgehead atoms. The molecule has 6 heteroatoms. The summed E-state index contributed by atoms with van der Waals surface area (Å²) in [6, 6.07) is 0. The summed E-state index contributed by atoms with van der Waals surface area (Å²) < 4.78 is 8.11. The smallest absolute Gasteiger partial charge is 0.273 e. The number of amides is 1. The molecule has 1 fully saturated rings. The first kappa shape index (κ1) is 13.5. The molecule has 2 heterocycles. The van der Waals surface area contributed by atoms with Gasteiger partial charge in [-0.15, -0.1) is 0 Å². The summed E-state index contributed by atoms with van der Waals surface area (Å²) in [5.41, 5.74) is 0.624. The first-order chi connectivity index (χ1) is 8.52. The lowest BCUT2D eigenvalue weighted by Gasteiger charge is -2.35. The third-order valence-corrected chi connectivity index (χ3v) is 3.58. The van der Waals surface area contributed by atoms with E-state index < -0.39 is 0 Å². The predicted octanol–water partition coefficient (Wildman–Crippen LogP) is 1.91. The second-order valence-electron chi connectivity index (χ2n) is 4.62. The van der Waals surface area contributed by atoms with Crippen molar-refractivity contribution < 1.29 is 9.53 Å². The van der Waals surface area contributed by atoms with Gasteiger partial charge >= 0.3 is 0 Å². The second-order valence-corrected chi connectivity index (χ2v) is 5.48. The van der Waals surface area contributed by atoms with Crippen molar-refractivity contribution >= 4 is 21.8 Å². The summed E-state index contributed by atoms with van der Waals surface area (Å²) in [4.78, 5) is 14.4. The number of carbonyl (C=O) groups excluding carboxylic acids is 1. The van der Waals surface area contributed by atoms with Gasteiger partial charge in [-0.1, -0.05) is 0 Å². The number of carbonyl (C=O) groups is 1. The highest BCUT2D eigenvalue weighted by Gasteiger charge is 2.29. The quantitative estimate of drug-likeness (QED) is 0.837. The minimum absolute atomic E-state index is 0.0169. The van der Waals surface area contributed by atoms with Crippen LogP contribution in [0.3, 0.4) is 0 Å². The van der Waals surface area contributed by atoms with E-state index in [-0.39, 0.29) is 18.1 Å². The van der Waals surface area contributed by atoms with Gasteiger partial charge in [0.2, 0.25) is 0 Å². The first-order valence-corrected chi connectivity index (χ1v) is 6.98. The average Bonchev–Trinajstić information content (AvgIpc) is 2.68. The summed E-state index contributed by atoms with van der Waals surface area (Å²) in [5, 5.41) is 4.18. The topological polar surface area (TPSA) is 47.4 Å². The number of ether oxygens (including phenoxy) is 1. The van der Waals surface area contributed by atoms with Crippen LogP contribution in [0, 0.1) is 0 Å². The summed E-state index contributed by atoms with van der Waals surface area (Å²) in [6.07, 6.45) is 1.83. The molecule has 100 valence electrons. The molecular weight excluding hydrogens is 298 g/mol. The average molecular weight is 316 g/mol. The molecule has 1 amide bonds. The van der Waals surface area contributed by atoms with E-state index in [4.69, 9.17) is 4.74 Å². The first-order valence-electron chi connectivity index (χ1n) is 6.19. The van der Waals surface area contributed by atoms with Gasteiger partial charge in [-0.3, -0.25) is 9.48 Å². The molecule has 0 unspecified atom stereocenters. The molecule has 0 aliphatic carbocycles. The molecule has 1 saturated heterocycles. The van der Waals surface area contributed by atoms with Crippen molar-refractivity contribution in [1.82, 2.24) is 14.7 Å². The van der Waals surface area contributed by atoms with Crippen LogP contribution in [0.25, 0.3) is 0 Å². The normalized spacial score (nSPS) is 24.3. The van der Waals surface area contributed by atoms with Crippen LogP contribution in [-0.2, 0) is 11.3 Å². The van der Waals surface area contributed by atoms with E-state index in [0.717, 1.165) is 4.47 Å². The summed E-state index contributed by atoms with van der Waals surface area (Å²) in [5.74, 6) is 0.0169. The highest BCUT2D eigenvalue weighted by molar-refractivity contribution is 9.10. The minimum Gasteiger partial charge on any atom is -0.372 e. The van der Waals surface area contributed by atoms with Crippen LogP contribution in [0.5, 0.6) is 0 Å². The van der Waals surface area contributed by atoms with Gasteiger partial charge in [0.05, 0.1) is 22.9 Å². The highest BCUT2D eigenvalue weighted by Crippen LogP contribution is 2.20. The van der Waals surface area contributed by atoms with Crippen LogP contribution >= 0.6 is 15.9 Å². The van der Waals surface area contributed by atoms with Crippen molar-refractivity contribution in [3.05, 3.63) is 16.4 Å². The Morgan fingerprint density at radius 1 is 1.50 bits per heavy atom. The molecular formula is C12H18BrN3O2. The molecule has 1 aliphatic heterocycles. The van der Waals surface area contributed by atoms with Gasteiger partial charge in [0.25, 0.3) is 5.91 Å². The monoisotopic (exact) mass is 315 g/mol. The van der Waals surface area contributed by atoms with E-state index in [1.54, 1.807) is 10.9 Å². The van der Waals surface area contributed by atoms with E-state index in [1.165, 1.54) is 0 Å². The van der Waals surface area contributed by atoms with E-state index >= 15 is 0 Å². The third-order valence-electron chi connectivity index (χ3n) is 3.00. The molecule has 0 saturated carbocycles. The van der Waals surface area contributed by atoms with Gasteiger partial charge in [0.1, 0.15) is 5.69 Å². The number of nitrogens with zero attached hydrogens (tertiary/aromatic N) is 3. The van der Waals surface area contributed by atoms with Crippen molar-refractivity contribution in [2.75, 3.05) is 13.1 Å². The maximum Gasteiger partial charge on any atom is 0.273 e. The van der Waals surface area contributed by atoms with Crippen molar-refractivity contribution in [1.29, 1.82) is 0 Å². The lowest BCUT2D eigenvalue weighted by atomic mass is 10.2. The lowest BCUT2D eigenvalue weighted by Crippen LogP contribution is -2.48. The number of morpholine rings is 1. The standard InChI is InChI=1S/C12H18BrN3O2/c1-4-16-11(10(13)5-14-16)12(17)15-6-8(2)18-9(3)7-15/h5,8-9H,4,6-7H2,1-3H3/t8-,9-/m1/s1. The minimum atomic E-state index is 0.0169. The Bertz CT molecular complexity index is 437. The van der Waals surface area contributed by atoms with Gasteiger partial charge in [0, 0.05) is 19.6 Å². The van der Waals surface area contributed by atoms with Crippen LogP contribution < -0.4 is 0 Å². The maximum atomic E-state index is 12.5. The maximum absolute atomic E-state index is 12.5. The SMILES string of the molecule is CCn1ncc(Br)c1C(=O)N1C[C@@H](C)O[C@H](C)C1. The largest absolute Gasteiger partial charge is 0.372 e. The lowest BCUT2D eigenvalue weighted by molar-refractivity contribution is -0.0588. The zero-order valence-electron chi connectivity index (χ0n) is 10.9. The molecule has 5 nitrogen and oxygen atoms in total. The Kier molecular flexibility index (Phi) is 4.07. The fourth-order valence-electron chi connectivity index (χ4n) is 2.31. The Morgan fingerprint density at radius 2 is 2.11 bits per heavy atom. The molecule has 2 atom stereocenters. The molecule has 1 aromatic heterocycles. The number of hydrogen-bond donors (Lipinski definition) is 0. The number of aryl methyl sites for hydroxylation is 1. The van der Waals surface area contributed by atoms with Crippen LogP contribution in [0.15, 0.2) is 10.7 Å². The number of aromatic nitrogens is 2. The summed E-state index contributed by atoms with van der Waals surface area (Å²) >= 11 is 3.39. The Hall–Kier alpha value is -0.880. The molecule has 1 aromatic rings. The number of halogens is 1. The number of rotatable bonds is 2. The predicted molar refractivity (Wildman–Crippen MR) is 71.5 cm³/mol. The molecule has 18 heavy (non-hydrogen) atoms. The zero-order chi connectivity index (χ0) is 13.3. The van der Waals surface area contributed by atoms with Crippen molar-refractivity contribution in [2.24, 2.45) is 0 Å². The summed E-state index contributed by atoms with van der Waals surface area (Å²) in [6.45, 7) is 7.89. The number of hydrogen-bond acceptors (Lipinski definition) is 3. The van der Waals surface area contributed by atoms with Gasteiger partial charge in [-0.2, -0.15) is 5.10 Å². The summed E-state index contributed by atoms with van der Waals surface area (Å²) in [7, 11) is 0.